The van der Waals surface area contributed by atoms with Crippen LogP contribution in [0.1, 0.15) is 21.6 Å². The maximum Gasteiger partial charge on any atom is 0.354 e. The van der Waals surface area contributed by atoms with E-state index in [1.54, 1.807) is 24.0 Å². The van der Waals surface area contributed by atoms with E-state index in [9.17, 15) is 9.59 Å². The largest absolute Gasteiger partial charge is 0.464 e. The fourth-order valence-electron chi connectivity index (χ4n) is 2.45. The van der Waals surface area contributed by atoms with Gasteiger partial charge in [0.1, 0.15) is 5.69 Å². The highest BCUT2D eigenvalue weighted by Gasteiger charge is 2.13. The molecule has 0 bridgehead atoms. The first kappa shape index (κ1) is 19.2. The Kier molecular flexibility index (Phi) is 6.31. The lowest BCUT2D eigenvalue weighted by Crippen LogP contribution is -2.13. The van der Waals surface area contributed by atoms with Gasteiger partial charge < -0.3 is 15.0 Å². The second-order valence-corrected chi connectivity index (χ2v) is 7.71. The molecular formula is C19H19N3O3S2. The maximum atomic E-state index is 12.1. The SMILES string of the molecule is COC(=O)c1cc(-c2csc(NC(=O)CSCc3cccc(C)c3)n2)c[nH]1. The van der Waals surface area contributed by atoms with E-state index in [2.05, 4.69) is 45.1 Å². The van der Waals surface area contributed by atoms with Crippen molar-refractivity contribution in [1.82, 2.24) is 9.97 Å². The minimum absolute atomic E-state index is 0.0853. The number of H-pyrrole nitrogens is 1. The van der Waals surface area contributed by atoms with Gasteiger partial charge in [-0.1, -0.05) is 29.8 Å². The van der Waals surface area contributed by atoms with Crippen LogP contribution in [0.3, 0.4) is 0 Å². The van der Waals surface area contributed by atoms with Crippen molar-refractivity contribution >= 4 is 40.1 Å². The zero-order valence-corrected chi connectivity index (χ0v) is 16.6. The van der Waals surface area contributed by atoms with Crippen molar-refractivity contribution in [2.75, 3.05) is 18.2 Å². The molecule has 27 heavy (non-hydrogen) atoms. The molecule has 0 unspecified atom stereocenters. The molecule has 0 aliphatic rings. The molecule has 2 heterocycles. The zero-order chi connectivity index (χ0) is 19.2. The van der Waals surface area contributed by atoms with Crippen LogP contribution in [0.2, 0.25) is 0 Å². The van der Waals surface area contributed by atoms with E-state index in [1.165, 1.54) is 29.6 Å². The van der Waals surface area contributed by atoms with Crippen LogP contribution in [0, 0.1) is 6.92 Å². The summed E-state index contributed by atoms with van der Waals surface area (Å²) in [4.78, 5) is 30.9. The Morgan fingerprint density at radius 3 is 2.96 bits per heavy atom. The number of hydrogen-bond donors (Lipinski definition) is 2. The molecule has 0 aliphatic carbocycles. The Hall–Kier alpha value is -2.58. The molecule has 3 rings (SSSR count). The number of esters is 1. The van der Waals surface area contributed by atoms with Crippen LogP contribution in [-0.4, -0.2) is 34.7 Å². The average Bonchev–Trinajstić information content (AvgIpc) is 3.30. The molecule has 3 aromatic rings. The Labute approximate surface area is 165 Å². The summed E-state index contributed by atoms with van der Waals surface area (Å²) in [6, 6.07) is 9.93. The van der Waals surface area contributed by atoms with E-state index in [4.69, 9.17) is 0 Å². The Bertz CT molecular complexity index is 949. The second kappa shape index (κ2) is 8.88. The summed E-state index contributed by atoms with van der Waals surface area (Å²) >= 11 is 2.91. The highest BCUT2D eigenvalue weighted by Crippen LogP contribution is 2.26. The molecule has 0 aliphatic heterocycles. The number of rotatable bonds is 7. The van der Waals surface area contributed by atoms with Crippen LogP contribution in [0.4, 0.5) is 5.13 Å². The number of aromatic amines is 1. The van der Waals surface area contributed by atoms with Gasteiger partial charge in [-0.05, 0) is 18.6 Å². The van der Waals surface area contributed by atoms with Gasteiger partial charge >= 0.3 is 5.97 Å². The van der Waals surface area contributed by atoms with Crippen LogP contribution >= 0.6 is 23.1 Å². The fraction of sp³-hybridized carbons (Fsp3) is 0.211. The van der Waals surface area contributed by atoms with Gasteiger partial charge in [0.05, 0.1) is 18.6 Å². The molecule has 0 spiro atoms. The number of nitrogens with zero attached hydrogens (tertiary/aromatic N) is 1. The number of ether oxygens (including phenoxy) is 1. The third kappa shape index (κ3) is 5.21. The van der Waals surface area contributed by atoms with Crippen LogP contribution in [0.25, 0.3) is 11.3 Å². The van der Waals surface area contributed by atoms with Crippen LogP contribution in [0.15, 0.2) is 41.9 Å². The number of hydrogen-bond acceptors (Lipinski definition) is 6. The van der Waals surface area contributed by atoms with Gasteiger partial charge in [0.2, 0.25) is 5.91 Å². The van der Waals surface area contributed by atoms with Crippen LogP contribution in [-0.2, 0) is 15.3 Å². The highest BCUT2D eigenvalue weighted by atomic mass is 32.2. The molecule has 0 atom stereocenters. The van der Waals surface area contributed by atoms with Crippen LogP contribution < -0.4 is 5.32 Å². The van der Waals surface area contributed by atoms with Gasteiger partial charge in [-0.3, -0.25) is 4.79 Å². The topological polar surface area (TPSA) is 84.1 Å². The third-order valence-corrected chi connectivity index (χ3v) is 5.48. The Morgan fingerprint density at radius 2 is 2.19 bits per heavy atom. The Balaban J connectivity index is 1.52. The molecule has 2 N–H and O–H groups in total. The summed E-state index contributed by atoms with van der Waals surface area (Å²) in [5, 5.41) is 5.18. The summed E-state index contributed by atoms with van der Waals surface area (Å²) in [5.41, 5.74) is 4.24. The summed E-state index contributed by atoms with van der Waals surface area (Å²) in [5.74, 6) is 0.630. The summed E-state index contributed by atoms with van der Waals surface area (Å²) < 4.78 is 4.67. The predicted molar refractivity (Wildman–Crippen MR) is 109 cm³/mol. The number of aromatic nitrogens is 2. The highest BCUT2D eigenvalue weighted by molar-refractivity contribution is 7.99. The number of amides is 1. The van der Waals surface area contributed by atoms with Gasteiger partial charge in [0.15, 0.2) is 5.13 Å². The molecule has 8 heteroatoms. The third-order valence-electron chi connectivity index (χ3n) is 3.72. The van der Waals surface area contributed by atoms with Gasteiger partial charge in [-0.25, -0.2) is 9.78 Å². The van der Waals surface area contributed by atoms with E-state index in [0.717, 1.165) is 11.3 Å². The van der Waals surface area contributed by atoms with E-state index < -0.39 is 5.97 Å². The second-order valence-electron chi connectivity index (χ2n) is 5.86. The lowest BCUT2D eigenvalue weighted by Gasteiger charge is -2.03. The number of thioether (sulfide) groups is 1. The van der Waals surface area contributed by atoms with Crippen molar-refractivity contribution in [2.24, 2.45) is 0 Å². The first-order valence-electron chi connectivity index (χ1n) is 8.21. The number of carbonyl (C=O) groups is 2. The van der Waals surface area contributed by atoms with E-state index in [1.807, 2.05) is 11.4 Å². The fourth-order valence-corrected chi connectivity index (χ4v) is 3.96. The molecule has 1 amide bonds. The average molecular weight is 402 g/mol. The molecule has 2 aromatic heterocycles. The standard InChI is InChI=1S/C19H19N3O3S2/c1-12-4-3-5-13(6-12)9-26-11-17(23)22-19-21-16(10-27-19)14-7-15(20-8-14)18(24)25-2/h3-8,10,20H,9,11H2,1-2H3,(H,21,22,23). The van der Waals surface area contributed by atoms with Crippen molar-refractivity contribution in [3.8, 4) is 11.3 Å². The summed E-state index contributed by atoms with van der Waals surface area (Å²) in [7, 11) is 1.33. The van der Waals surface area contributed by atoms with Crippen molar-refractivity contribution < 1.29 is 14.3 Å². The number of anilines is 1. The maximum absolute atomic E-state index is 12.1. The lowest BCUT2D eigenvalue weighted by atomic mass is 10.2. The molecule has 0 fully saturated rings. The predicted octanol–water partition coefficient (Wildman–Crippen LogP) is 4.11. The van der Waals surface area contributed by atoms with Crippen molar-refractivity contribution in [2.45, 2.75) is 12.7 Å². The first-order valence-corrected chi connectivity index (χ1v) is 10.2. The molecular weight excluding hydrogens is 382 g/mol. The molecule has 1 aromatic carbocycles. The molecule has 6 nitrogen and oxygen atoms in total. The number of nitrogens with one attached hydrogen (secondary N) is 2. The molecule has 0 radical (unpaired) electrons. The van der Waals surface area contributed by atoms with Gasteiger partial charge in [-0.2, -0.15) is 0 Å². The molecule has 140 valence electrons. The van der Waals surface area contributed by atoms with Gasteiger partial charge in [-0.15, -0.1) is 23.1 Å². The number of methoxy groups -OCH3 is 1. The van der Waals surface area contributed by atoms with E-state index in [0.29, 0.717) is 22.3 Å². The monoisotopic (exact) mass is 401 g/mol. The number of benzene rings is 1. The van der Waals surface area contributed by atoms with Gasteiger partial charge in [0, 0.05) is 22.9 Å². The van der Waals surface area contributed by atoms with Crippen molar-refractivity contribution in [3.05, 3.63) is 58.7 Å². The minimum Gasteiger partial charge on any atom is -0.464 e. The van der Waals surface area contributed by atoms with E-state index >= 15 is 0 Å². The van der Waals surface area contributed by atoms with Crippen LogP contribution in [0.5, 0.6) is 0 Å². The summed E-state index contributed by atoms with van der Waals surface area (Å²) in [6.45, 7) is 2.06. The number of thiazole rings is 1. The Morgan fingerprint density at radius 1 is 1.33 bits per heavy atom. The van der Waals surface area contributed by atoms with Crippen molar-refractivity contribution in [1.29, 1.82) is 0 Å². The lowest BCUT2D eigenvalue weighted by molar-refractivity contribution is -0.113. The normalized spacial score (nSPS) is 10.6. The van der Waals surface area contributed by atoms with Crippen molar-refractivity contribution in [3.63, 3.8) is 0 Å². The molecule has 0 saturated heterocycles. The zero-order valence-electron chi connectivity index (χ0n) is 14.9. The first-order chi connectivity index (χ1) is 13.0. The molecule has 0 saturated carbocycles. The van der Waals surface area contributed by atoms with Gasteiger partial charge in [0.25, 0.3) is 0 Å². The minimum atomic E-state index is -0.435. The quantitative estimate of drug-likeness (QED) is 0.582. The number of carbonyl (C=O) groups excluding carboxylic acids is 2. The number of aryl methyl sites for hydroxylation is 1. The van der Waals surface area contributed by atoms with E-state index in [-0.39, 0.29) is 5.91 Å². The summed E-state index contributed by atoms with van der Waals surface area (Å²) in [6.07, 6.45) is 1.69. The smallest absolute Gasteiger partial charge is 0.354 e.